The summed E-state index contributed by atoms with van der Waals surface area (Å²) in [5.41, 5.74) is 13.3. The fourth-order valence-electron chi connectivity index (χ4n) is 3.78. The van der Waals surface area contributed by atoms with Crippen molar-refractivity contribution in [3.8, 4) is 22.5 Å². The quantitative estimate of drug-likeness (QED) is 0.588. The summed E-state index contributed by atoms with van der Waals surface area (Å²) in [5, 5.41) is 0. The van der Waals surface area contributed by atoms with E-state index in [1.807, 2.05) is 43.9 Å². The number of aromatic amines is 1. The van der Waals surface area contributed by atoms with Gasteiger partial charge in [-0.2, -0.15) is 0 Å². The van der Waals surface area contributed by atoms with E-state index in [-0.39, 0.29) is 0 Å². The summed E-state index contributed by atoms with van der Waals surface area (Å²) in [6.07, 6.45) is 6.10. The van der Waals surface area contributed by atoms with Gasteiger partial charge < -0.3 is 15.6 Å². The average molecular weight is 341 g/mol. The summed E-state index contributed by atoms with van der Waals surface area (Å²) >= 11 is 0. The average Bonchev–Trinajstić information content (AvgIpc) is 3.21. The first kappa shape index (κ1) is 15.0. The van der Waals surface area contributed by atoms with E-state index in [1.165, 1.54) is 0 Å². The highest BCUT2D eigenvalue weighted by atomic mass is 16.1. The van der Waals surface area contributed by atoms with Crippen LogP contribution in [0.25, 0.3) is 28.6 Å². The third-order valence-corrected chi connectivity index (χ3v) is 5.00. The van der Waals surface area contributed by atoms with Crippen molar-refractivity contribution in [1.29, 1.82) is 0 Å². The van der Waals surface area contributed by atoms with Gasteiger partial charge in [0, 0.05) is 30.8 Å². The van der Waals surface area contributed by atoms with Crippen molar-refractivity contribution >= 4 is 12.0 Å². The SMILES string of the molecule is CN1C=Cc2[nH]c(-c3ccc(C(N)=O)c4c3-c3ccccc3[CH]4)nc2C1. The summed E-state index contributed by atoms with van der Waals surface area (Å²) in [7, 11) is 2.03. The van der Waals surface area contributed by atoms with E-state index in [0.29, 0.717) is 5.56 Å². The van der Waals surface area contributed by atoms with Crippen LogP contribution in [0.4, 0.5) is 0 Å². The van der Waals surface area contributed by atoms with Gasteiger partial charge in [0.15, 0.2) is 0 Å². The van der Waals surface area contributed by atoms with Crippen LogP contribution in [0.15, 0.2) is 42.6 Å². The minimum atomic E-state index is -0.417. The molecule has 1 aliphatic heterocycles. The molecule has 5 nitrogen and oxygen atoms in total. The van der Waals surface area contributed by atoms with E-state index in [2.05, 4.69) is 22.0 Å². The molecular formula is C21H17N4O. The Labute approximate surface area is 151 Å². The zero-order valence-electron chi connectivity index (χ0n) is 14.3. The lowest BCUT2D eigenvalue weighted by Crippen LogP contribution is -2.14. The number of fused-ring (bicyclic) bond motifs is 4. The molecular weight excluding hydrogens is 324 g/mol. The summed E-state index contributed by atoms with van der Waals surface area (Å²) < 4.78 is 0. The van der Waals surface area contributed by atoms with Gasteiger partial charge >= 0.3 is 0 Å². The predicted octanol–water partition coefficient (Wildman–Crippen LogP) is 3.17. The number of rotatable bonds is 2. The number of nitrogens with zero attached hydrogens (tertiary/aromatic N) is 2. The second kappa shape index (κ2) is 5.33. The lowest BCUT2D eigenvalue weighted by atomic mass is 9.95. The van der Waals surface area contributed by atoms with Crippen molar-refractivity contribution in [2.75, 3.05) is 7.05 Å². The Morgan fingerprint density at radius 2 is 2.04 bits per heavy atom. The molecule has 3 aromatic rings. The van der Waals surface area contributed by atoms with Gasteiger partial charge in [-0.25, -0.2) is 4.98 Å². The summed E-state index contributed by atoms with van der Waals surface area (Å²) in [4.78, 5) is 22.3. The summed E-state index contributed by atoms with van der Waals surface area (Å²) in [6, 6.07) is 11.9. The Balaban J connectivity index is 1.74. The highest BCUT2D eigenvalue weighted by molar-refractivity contribution is 6.02. The summed E-state index contributed by atoms with van der Waals surface area (Å²) in [6.45, 7) is 0.770. The number of hydrogen-bond acceptors (Lipinski definition) is 3. The van der Waals surface area contributed by atoms with Gasteiger partial charge in [-0.15, -0.1) is 0 Å². The lowest BCUT2D eigenvalue weighted by molar-refractivity contribution is 0.1000. The largest absolute Gasteiger partial charge is 0.374 e. The zero-order valence-corrected chi connectivity index (χ0v) is 14.3. The van der Waals surface area contributed by atoms with Gasteiger partial charge in [0.1, 0.15) is 5.82 Å². The van der Waals surface area contributed by atoms with E-state index >= 15 is 0 Å². The molecule has 0 atom stereocenters. The normalized spacial score (nSPS) is 14.1. The van der Waals surface area contributed by atoms with Crippen LogP contribution in [-0.2, 0) is 6.54 Å². The lowest BCUT2D eigenvalue weighted by Gasteiger charge is -2.16. The number of carbonyl (C=O) groups is 1. The summed E-state index contributed by atoms with van der Waals surface area (Å²) in [5.74, 6) is 0.396. The standard InChI is InChI=1S/C21H17N4O/c1-25-9-8-17-18(11-25)24-21(23-17)15-7-6-14(20(22)26)16-10-12-4-2-3-5-13(12)19(15)16/h2-10H,11H2,1H3,(H2,22,26)(H,23,24). The van der Waals surface area contributed by atoms with Crippen molar-refractivity contribution < 1.29 is 4.79 Å². The number of nitrogens with two attached hydrogens (primary N) is 1. The minimum Gasteiger partial charge on any atom is -0.374 e. The van der Waals surface area contributed by atoms with Crippen LogP contribution in [0, 0.1) is 6.42 Å². The number of hydrogen-bond donors (Lipinski definition) is 2. The maximum Gasteiger partial charge on any atom is 0.249 e. The second-order valence-corrected chi connectivity index (χ2v) is 6.72. The molecule has 0 unspecified atom stereocenters. The number of benzene rings is 2. The van der Waals surface area contributed by atoms with Crippen molar-refractivity contribution in [3.05, 3.63) is 77.1 Å². The van der Waals surface area contributed by atoms with Gasteiger partial charge in [-0.1, -0.05) is 24.3 Å². The maximum absolute atomic E-state index is 11.9. The molecule has 1 aliphatic carbocycles. The fourth-order valence-corrected chi connectivity index (χ4v) is 3.78. The third-order valence-electron chi connectivity index (χ3n) is 5.00. The molecule has 2 aliphatic rings. The molecule has 1 aromatic heterocycles. The first-order valence-corrected chi connectivity index (χ1v) is 8.50. The van der Waals surface area contributed by atoms with E-state index in [1.54, 1.807) is 6.07 Å². The first-order chi connectivity index (χ1) is 12.6. The third kappa shape index (κ3) is 2.10. The Hall–Kier alpha value is -3.34. The molecule has 2 heterocycles. The van der Waals surface area contributed by atoms with Crippen LogP contribution in [0.5, 0.6) is 0 Å². The van der Waals surface area contributed by atoms with E-state index < -0.39 is 5.91 Å². The van der Waals surface area contributed by atoms with Crippen LogP contribution in [0.2, 0.25) is 0 Å². The van der Waals surface area contributed by atoms with Crippen molar-refractivity contribution in [1.82, 2.24) is 14.9 Å². The fraction of sp³-hybridized carbons (Fsp3) is 0.0952. The molecule has 0 saturated heterocycles. The van der Waals surface area contributed by atoms with Crippen LogP contribution >= 0.6 is 0 Å². The van der Waals surface area contributed by atoms with Crippen LogP contribution in [0.1, 0.15) is 32.9 Å². The van der Waals surface area contributed by atoms with Crippen molar-refractivity contribution in [2.45, 2.75) is 6.54 Å². The molecule has 1 amide bonds. The molecule has 3 N–H and O–H groups in total. The number of amides is 1. The molecule has 0 bridgehead atoms. The van der Waals surface area contributed by atoms with Gasteiger partial charge in [-0.3, -0.25) is 4.79 Å². The van der Waals surface area contributed by atoms with Crippen LogP contribution in [0.3, 0.4) is 0 Å². The zero-order chi connectivity index (χ0) is 17.8. The van der Waals surface area contributed by atoms with Gasteiger partial charge in [0.2, 0.25) is 5.91 Å². The number of carbonyl (C=O) groups excluding carboxylic acids is 1. The topological polar surface area (TPSA) is 75.0 Å². The second-order valence-electron chi connectivity index (χ2n) is 6.72. The number of nitrogens with one attached hydrogen (secondary N) is 1. The van der Waals surface area contributed by atoms with Crippen LogP contribution < -0.4 is 5.73 Å². The highest BCUT2D eigenvalue weighted by Gasteiger charge is 2.28. The molecule has 1 radical (unpaired) electrons. The molecule has 26 heavy (non-hydrogen) atoms. The van der Waals surface area contributed by atoms with Gasteiger partial charge in [0.25, 0.3) is 0 Å². The number of aromatic nitrogens is 2. The number of imidazole rings is 1. The monoisotopic (exact) mass is 341 g/mol. The molecule has 5 rings (SSSR count). The molecule has 127 valence electrons. The molecule has 5 heteroatoms. The predicted molar refractivity (Wildman–Crippen MR) is 101 cm³/mol. The molecule has 2 aromatic carbocycles. The van der Waals surface area contributed by atoms with Gasteiger partial charge in [-0.05, 0) is 40.5 Å². The first-order valence-electron chi connectivity index (χ1n) is 8.50. The Bertz CT molecular complexity index is 1090. The Morgan fingerprint density at radius 3 is 2.88 bits per heavy atom. The minimum absolute atomic E-state index is 0.417. The number of primary amides is 1. The van der Waals surface area contributed by atoms with Crippen LogP contribution in [-0.4, -0.2) is 27.8 Å². The molecule has 0 saturated carbocycles. The number of H-pyrrole nitrogens is 1. The van der Waals surface area contributed by atoms with E-state index in [0.717, 1.165) is 51.6 Å². The van der Waals surface area contributed by atoms with Crippen molar-refractivity contribution in [3.63, 3.8) is 0 Å². The smallest absolute Gasteiger partial charge is 0.249 e. The molecule has 0 fully saturated rings. The molecule has 0 spiro atoms. The Kier molecular flexibility index (Phi) is 3.06. The Morgan fingerprint density at radius 1 is 1.19 bits per heavy atom. The van der Waals surface area contributed by atoms with E-state index in [9.17, 15) is 4.79 Å². The maximum atomic E-state index is 11.9. The highest BCUT2D eigenvalue weighted by Crippen LogP contribution is 2.45. The van der Waals surface area contributed by atoms with Gasteiger partial charge in [0.05, 0.1) is 17.9 Å². The van der Waals surface area contributed by atoms with Crippen molar-refractivity contribution in [2.24, 2.45) is 5.73 Å². The van der Waals surface area contributed by atoms with E-state index in [4.69, 9.17) is 10.7 Å².